The molecule has 0 heterocycles. The van der Waals surface area contributed by atoms with Crippen molar-refractivity contribution in [1.29, 1.82) is 0 Å². The van der Waals surface area contributed by atoms with E-state index in [9.17, 15) is 9.90 Å². The van der Waals surface area contributed by atoms with E-state index in [0.29, 0.717) is 36.9 Å². The van der Waals surface area contributed by atoms with Crippen LogP contribution in [0.5, 0.6) is 5.75 Å². The highest BCUT2D eigenvalue weighted by molar-refractivity contribution is 14.0. The zero-order valence-corrected chi connectivity index (χ0v) is 19.8. The first-order valence-corrected chi connectivity index (χ1v) is 9.78. The molecule has 8 heteroatoms. The third kappa shape index (κ3) is 8.58. The fraction of sp³-hybridized carbons (Fsp3) is 0.364. The van der Waals surface area contributed by atoms with Gasteiger partial charge in [-0.25, -0.2) is 0 Å². The maximum Gasteiger partial charge on any atom is 0.251 e. The van der Waals surface area contributed by atoms with Gasteiger partial charge in [-0.1, -0.05) is 36.4 Å². The number of ether oxygens (including phenoxy) is 1. The molecule has 0 saturated heterocycles. The van der Waals surface area contributed by atoms with Gasteiger partial charge in [-0.2, -0.15) is 0 Å². The molecule has 1 unspecified atom stereocenters. The Bertz CT molecular complexity index is 787. The second kappa shape index (κ2) is 14.6. The van der Waals surface area contributed by atoms with Crippen LogP contribution in [0.25, 0.3) is 0 Å². The van der Waals surface area contributed by atoms with E-state index in [0.717, 1.165) is 12.1 Å². The van der Waals surface area contributed by atoms with Crippen LogP contribution in [0.3, 0.4) is 0 Å². The Morgan fingerprint density at radius 2 is 1.80 bits per heavy atom. The normalized spacial score (nSPS) is 11.8. The van der Waals surface area contributed by atoms with Crippen LogP contribution in [0.4, 0.5) is 0 Å². The van der Waals surface area contributed by atoms with Crippen molar-refractivity contribution in [2.75, 3.05) is 39.9 Å². The van der Waals surface area contributed by atoms with Crippen LogP contribution in [0.2, 0.25) is 0 Å². The van der Waals surface area contributed by atoms with E-state index in [1.807, 2.05) is 37.3 Å². The number of carbonyl (C=O) groups excluding carboxylic acids is 1. The number of benzene rings is 2. The zero-order chi connectivity index (χ0) is 20.9. The lowest BCUT2D eigenvalue weighted by Gasteiger charge is -2.15. The highest BCUT2D eigenvalue weighted by Gasteiger charge is 2.10. The van der Waals surface area contributed by atoms with Gasteiger partial charge in [-0.3, -0.25) is 9.79 Å². The predicted molar refractivity (Wildman–Crippen MR) is 131 cm³/mol. The molecule has 0 radical (unpaired) electrons. The molecule has 0 aliphatic heterocycles. The maximum absolute atomic E-state index is 12.2. The van der Waals surface area contributed by atoms with Gasteiger partial charge in [-0.15, -0.1) is 24.0 Å². The number of carbonyl (C=O) groups is 1. The van der Waals surface area contributed by atoms with Crippen LogP contribution in [0.15, 0.2) is 59.6 Å². The molecular formula is C22H31IN4O3. The van der Waals surface area contributed by atoms with Gasteiger partial charge in [-0.05, 0) is 30.7 Å². The predicted octanol–water partition coefficient (Wildman–Crippen LogP) is 2.37. The third-order valence-electron chi connectivity index (χ3n) is 4.34. The topological polar surface area (TPSA) is 95.0 Å². The van der Waals surface area contributed by atoms with Crippen molar-refractivity contribution in [3.63, 3.8) is 0 Å². The van der Waals surface area contributed by atoms with E-state index < -0.39 is 0 Å². The number of halogens is 1. The van der Waals surface area contributed by atoms with Crippen LogP contribution >= 0.6 is 24.0 Å². The Morgan fingerprint density at radius 3 is 2.47 bits per heavy atom. The van der Waals surface area contributed by atoms with Gasteiger partial charge in [0.05, 0.1) is 20.3 Å². The largest absolute Gasteiger partial charge is 0.497 e. The number of rotatable bonds is 10. The molecule has 7 nitrogen and oxygen atoms in total. The minimum atomic E-state index is -0.155. The lowest BCUT2D eigenvalue weighted by Crippen LogP contribution is -2.41. The van der Waals surface area contributed by atoms with Crippen molar-refractivity contribution in [2.24, 2.45) is 4.99 Å². The Kier molecular flexibility index (Phi) is 12.5. The highest BCUT2D eigenvalue weighted by Crippen LogP contribution is 2.15. The summed E-state index contributed by atoms with van der Waals surface area (Å²) in [6.45, 7) is 4.17. The quantitative estimate of drug-likeness (QED) is 0.165. The number of nitrogens with one attached hydrogen (secondary N) is 3. The number of methoxy groups -OCH3 is 1. The molecule has 4 N–H and O–H groups in total. The number of hydrogen-bond donors (Lipinski definition) is 4. The van der Waals surface area contributed by atoms with Crippen molar-refractivity contribution < 1.29 is 14.6 Å². The van der Waals surface area contributed by atoms with E-state index >= 15 is 0 Å². The molecule has 0 aromatic heterocycles. The van der Waals surface area contributed by atoms with Crippen LogP contribution in [-0.4, -0.2) is 56.9 Å². The summed E-state index contributed by atoms with van der Waals surface area (Å²) in [6.07, 6.45) is 0. The molecule has 0 fully saturated rings. The first-order valence-electron chi connectivity index (χ1n) is 9.78. The van der Waals surface area contributed by atoms with Crippen LogP contribution in [0.1, 0.15) is 28.8 Å². The summed E-state index contributed by atoms with van der Waals surface area (Å²) in [4.78, 5) is 16.8. The molecule has 0 aliphatic rings. The standard InChI is InChI=1S/C22H30N4O3.HI/c1-3-23-22(26-15-19(16-27)17-8-5-4-6-9-17)25-13-12-24-21(28)18-10-7-11-20(14-18)29-2;/h4-11,14,19,27H,3,12-13,15-16H2,1-2H3,(H,24,28)(H2,23,25,26);1H. The van der Waals surface area contributed by atoms with E-state index in [2.05, 4.69) is 20.9 Å². The summed E-state index contributed by atoms with van der Waals surface area (Å²) >= 11 is 0. The van der Waals surface area contributed by atoms with Gasteiger partial charge in [0.15, 0.2) is 5.96 Å². The zero-order valence-electron chi connectivity index (χ0n) is 17.4. The number of guanidine groups is 1. The molecule has 0 aliphatic carbocycles. The van der Waals surface area contributed by atoms with E-state index in [1.165, 1.54) is 0 Å². The first kappa shape index (κ1) is 25.7. The van der Waals surface area contributed by atoms with Gasteiger partial charge < -0.3 is 25.8 Å². The third-order valence-corrected chi connectivity index (χ3v) is 4.34. The molecule has 2 rings (SSSR count). The monoisotopic (exact) mass is 526 g/mol. The van der Waals surface area contributed by atoms with Crippen molar-refractivity contribution in [3.8, 4) is 5.75 Å². The fourth-order valence-corrected chi connectivity index (χ4v) is 2.76. The summed E-state index contributed by atoms with van der Waals surface area (Å²) in [6, 6.07) is 16.9. The van der Waals surface area contributed by atoms with Crippen molar-refractivity contribution in [2.45, 2.75) is 12.8 Å². The number of hydrogen-bond acceptors (Lipinski definition) is 4. The Morgan fingerprint density at radius 1 is 1.07 bits per heavy atom. The highest BCUT2D eigenvalue weighted by atomic mass is 127. The molecule has 30 heavy (non-hydrogen) atoms. The number of aliphatic hydroxyl groups is 1. The lowest BCUT2D eigenvalue weighted by molar-refractivity contribution is 0.0954. The Hall–Kier alpha value is -2.33. The lowest BCUT2D eigenvalue weighted by atomic mass is 10.0. The van der Waals surface area contributed by atoms with E-state index in [-0.39, 0.29) is 42.4 Å². The molecular weight excluding hydrogens is 495 g/mol. The molecule has 0 spiro atoms. The Balaban J connectivity index is 0.00000450. The molecule has 0 bridgehead atoms. The average Bonchev–Trinajstić information content (AvgIpc) is 2.77. The summed E-state index contributed by atoms with van der Waals surface area (Å²) in [5.74, 6) is 1.09. The molecule has 1 amide bonds. The van der Waals surface area contributed by atoms with Gasteiger partial charge in [0.25, 0.3) is 5.91 Å². The van der Waals surface area contributed by atoms with Gasteiger partial charge in [0, 0.05) is 31.1 Å². The van der Waals surface area contributed by atoms with Crippen LogP contribution in [0, 0.1) is 0 Å². The van der Waals surface area contributed by atoms with Crippen molar-refractivity contribution >= 4 is 35.8 Å². The smallest absolute Gasteiger partial charge is 0.251 e. The molecule has 1 atom stereocenters. The van der Waals surface area contributed by atoms with Gasteiger partial charge in [0.1, 0.15) is 5.75 Å². The van der Waals surface area contributed by atoms with Crippen LogP contribution < -0.4 is 20.7 Å². The number of nitrogens with zero attached hydrogens (tertiary/aromatic N) is 1. The fourth-order valence-electron chi connectivity index (χ4n) is 2.76. The van der Waals surface area contributed by atoms with Crippen LogP contribution in [-0.2, 0) is 0 Å². The minimum absolute atomic E-state index is 0. The van der Waals surface area contributed by atoms with E-state index in [1.54, 1.807) is 31.4 Å². The number of aliphatic hydroxyl groups excluding tert-OH is 1. The van der Waals surface area contributed by atoms with E-state index in [4.69, 9.17) is 4.74 Å². The number of amides is 1. The molecule has 0 saturated carbocycles. The van der Waals surface area contributed by atoms with Gasteiger partial charge in [0.2, 0.25) is 0 Å². The first-order chi connectivity index (χ1) is 14.2. The number of aliphatic imine (C=N–C) groups is 1. The summed E-state index contributed by atoms with van der Waals surface area (Å²) in [7, 11) is 1.57. The maximum atomic E-state index is 12.2. The second-order valence-corrected chi connectivity index (χ2v) is 6.42. The molecule has 164 valence electrons. The summed E-state index contributed by atoms with van der Waals surface area (Å²) in [5, 5.41) is 18.9. The summed E-state index contributed by atoms with van der Waals surface area (Å²) in [5.41, 5.74) is 1.61. The summed E-state index contributed by atoms with van der Waals surface area (Å²) < 4.78 is 5.14. The average molecular weight is 526 g/mol. The van der Waals surface area contributed by atoms with Gasteiger partial charge >= 0.3 is 0 Å². The minimum Gasteiger partial charge on any atom is -0.497 e. The second-order valence-electron chi connectivity index (χ2n) is 6.42. The SMILES string of the molecule is CCNC(=NCC(CO)c1ccccc1)NCCNC(=O)c1cccc(OC)c1.I. The van der Waals surface area contributed by atoms with Crippen molar-refractivity contribution in [3.05, 3.63) is 65.7 Å². The Labute approximate surface area is 195 Å². The molecule has 2 aromatic carbocycles. The molecule has 2 aromatic rings. The van der Waals surface area contributed by atoms with Crippen molar-refractivity contribution in [1.82, 2.24) is 16.0 Å².